The number of H-pyrrole nitrogens is 1. The first kappa shape index (κ1) is 13.0. The Hall–Kier alpha value is -0.960. The number of rotatable bonds is 5. The highest BCUT2D eigenvalue weighted by molar-refractivity contribution is 7.98. The zero-order valence-corrected chi connectivity index (χ0v) is 12.2. The molecule has 0 radical (unpaired) electrons. The van der Waals surface area contributed by atoms with Crippen LogP contribution in [0.3, 0.4) is 0 Å². The zero-order valence-electron chi connectivity index (χ0n) is 11.4. The summed E-state index contributed by atoms with van der Waals surface area (Å²) in [5, 5.41) is 0. The molecular formula is C16H22N2S. The Morgan fingerprint density at radius 2 is 2.00 bits per heavy atom. The Bertz CT molecular complexity index is 481. The molecule has 3 heteroatoms. The highest BCUT2D eigenvalue weighted by atomic mass is 32.2. The standard InChI is InChI=1S/C16H22N2S/c1-2-6-13(7-3-1)10-11-19-12-16-17-14-8-4-5-9-15(14)18-16/h4-5,8-9,13H,1-3,6-7,10-12H2,(H,17,18). The Balaban J connectivity index is 1.44. The molecule has 2 aromatic rings. The SMILES string of the molecule is c1ccc2[nH]c(CSCCC3CCCCC3)nc2c1. The molecule has 0 atom stereocenters. The van der Waals surface area contributed by atoms with Gasteiger partial charge in [0.25, 0.3) is 0 Å². The molecule has 19 heavy (non-hydrogen) atoms. The summed E-state index contributed by atoms with van der Waals surface area (Å²) in [4.78, 5) is 8.02. The number of para-hydroxylation sites is 2. The summed E-state index contributed by atoms with van der Waals surface area (Å²) in [6, 6.07) is 8.27. The number of hydrogen-bond donors (Lipinski definition) is 1. The van der Waals surface area contributed by atoms with Crippen molar-refractivity contribution >= 4 is 22.8 Å². The van der Waals surface area contributed by atoms with E-state index in [0.717, 1.165) is 28.5 Å². The summed E-state index contributed by atoms with van der Waals surface area (Å²) >= 11 is 2.02. The van der Waals surface area contributed by atoms with Crippen LogP contribution >= 0.6 is 11.8 Å². The highest BCUT2D eigenvalue weighted by Gasteiger charge is 2.12. The third-order valence-corrected chi connectivity index (χ3v) is 5.07. The van der Waals surface area contributed by atoms with Gasteiger partial charge in [-0.2, -0.15) is 11.8 Å². The van der Waals surface area contributed by atoms with Gasteiger partial charge in [0.1, 0.15) is 5.82 Å². The molecule has 0 saturated heterocycles. The van der Waals surface area contributed by atoms with E-state index in [1.165, 1.54) is 44.3 Å². The van der Waals surface area contributed by atoms with Crippen molar-refractivity contribution in [3.05, 3.63) is 30.1 Å². The number of aromatic amines is 1. The van der Waals surface area contributed by atoms with Gasteiger partial charge in [-0.25, -0.2) is 4.98 Å². The van der Waals surface area contributed by atoms with Crippen molar-refractivity contribution in [1.29, 1.82) is 0 Å². The molecule has 0 bridgehead atoms. The number of nitrogens with one attached hydrogen (secondary N) is 1. The van der Waals surface area contributed by atoms with Crippen molar-refractivity contribution in [2.45, 2.75) is 44.3 Å². The number of nitrogens with zero attached hydrogens (tertiary/aromatic N) is 1. The number of hydrogen-bond acceptors (Lipinski definition) is 2. The van der Waals surface area contributed by atoms with E-state index in [2.05, 4.69) is 28.2 Å². The van der Waals surface area contributed by atoms with Gasteiger partial charge in [0.15, 0.2) is 0 Å². The topological polar surface area (TPSA) is 28.7 Å². The third kappa shape index (κ3) is 3.53. The number of thioether (sulfide) groups is 1. The molecule has 1 N–H and O–H groups in total. The van der Waals surface area contributed by atoms with Crippen LogP contribution in [0.15, 0.2) is 24.3 Å². The lowest BCUT2D eigenvalue weighted by Gasteiger charge is -2.20. The number of imidazole rings is 1. The van der Waals surface area contributed by atoms with Crippen LogP contribution in [0.4, 0.5) is 0 Å². The average molecular weight is 274 g/mol. The Morgan fingerprint density at radius 3 is 2.84 bits per heavy atom. The van der Waals surface area contributed by atoms with Gasteiger partial charge in [-0.1, -0.05) is 44.2 Å². The molecule has 102 valence electrons. The smallest absolute Gasteiger partial charge is 0.117 e. The van der Waals surface area contributed by atoms with E-state index >= 15 is 0 Å². The number of fused-ring (bicyclic) bond motifs is 1. The number of aromatic nitrogens is 2. The first-order valence-electron chi connectivity index (χ1n) is 7.43. The van der Waals surface area contributed by atoms with E-state index in [9.17, 15) is 0 Å². The van der Waals surface area contributed by atoms with Gasteiger partial charge in [-0.15, -0.1) is 0 Å². The van der Waals surface area contributed by atoms with Crippen molar-refractivity contribution in [3.8, 4) is 0 Å². The molecule has 3 rings (SSSR count). The van der Waals surface area contributed by atoms with E-state index in [4.69, 9.17) is 0 Å². The monoisotopic (exact) mass is 274 g/mol. The summed E-state index contributed by atoms with van der Waals surface area (Å²) in [6.07, 6.45) is 8.70. The third-order valence-electron chi connectivity index (χ3n) is 4.07. The van der Waals surface area contributed by atoms with Gasteiger partial charge in [-0.05, 0) is 30.2 Å². The summed E-state index contributed by atoms with van der Waals surface area (Å²) in [6.45, 7) is 0. The molecule has 1 heterocycles. The molecule has 1 fully saturated rings. The minimum absolute atomic E-state index is 0.997. The summed E-state index contributed by atoms with van der Waals surface area (Å²) in [5.74, 6) is 4.41. The Kier molecular flexibility index (Phi) is 4.44. The molecule has 0 spiro atoms. The summed E-state index contributed by atoms with van der Waals surface area (Å²) in [5.41, 5.74) is 2.25. The molecule has 1 aliphatic rings. The van der Waals surface area contributed by atoms with Crippen LogP contribution in [-0.2, 0) is 5.75 Å². The fraction of sp³-hybridized carbons (Fsp3) is 0.562. The van der Waals surface area contributed by atoms with Crippen LogP contribution in [0, 0.1) is 5.92 Å². The van der Waals surface area contributed by atoms with Gasteiger partial charge in [-0.3, -0.25) is 0 Å². The maximum Gasteiger partial charge on any atom is 0.117 e. The van der Waals surface area contributed by atoms with Crippen molar-refractivity contribution in [2.24, 2.45) is 5.92 Å². The molecular weight excluding hydrogens is 252 g/mol. The first-order chi connectivity index (χ1) is 9.42. The van der Waals surface area contributed by atoms with Crippen LogP contribution in [0.1, 0.15) is 44.3 Å². The van der Waals surface area contributed by atoms with Crippen molar-refractivity contribution < 1.29 is 0 Å². The zero-order chi connectivity index (χ0) is 12.9. The summed E-state index contributed by atoms with van der Waals surface area (Å²) in [7, 11) is 0. The van der Waals surface area contributed by atoms with Crippen LogP contribution in [0.25, 0.3) is 11.0 Å². The molecule has 1 aromatic heterocycles. The van der Waals surface area contributed by atoms with Crippen molar-refractivity contribution in [3.63, 3.8) is 0 Å². The van der Waals surface area contributed by atoms with E-state index in [1.54, 1.807) is 0 Å². The minimum Gasteiger partial charge on any atom is -0.341 e. The highest BCUT2D eigenvalue weighted by Crippen LogP contribution is 2.28. The minimum atomic E-state index is 0.997. The van der Waals surface area contributed by atoms with Crippen LogP contribution in [0.5, 0.6) is 0 Å². The van der Waals surface area contributed by atoms with Gasteiger partial charge in [0.2, 0.25) is 0 Å². The molecule has 1 aliphatic carbocycles. The Morgan fingerprint density at radius 1 is 1.16 bits per heavy atom. The maximum atomic E-state index is 4.62. The van der Waals surface area contributed by atoms with Crippen LogP contribution in [-0.4, -0.2) is 15.7 Å². The predicted molar refractivity (Wildman–Crippen MR) is 83.4 cm³/mol. The van der Waals surface area contributed by atoms with Gasteiger partial charge < -0.3 is 4.98 Å². The molecule has 0 unspecified atom stereocenters. The van der Waals surface area contributed by atoms with E-state index < -0.39 is 0 Å². The second-order valence-corrected chi connectivity index (χ2v) is 6.65. The lowest BCUT2D eigenvalue weighted by atomic mass is 9.88. The van der Waals surface area contributed by atoms with Crippen LogP contribution in [0.2, 0.25) is 0 Å². The quantitative estimate of drug-likeness (QED) is 0.796. The second-order valence-electron chi connectivity index (χ2n) is 5.55. The largest absolute Gasteiger partial charge is 0.341 e. The van der Waals surface area contributed by atoms with Crippen LogP contribution < -0.4 is 0 Å². The first-order valence-corrected chi connectivity index (χ1v) is 8.58. The molecule has 0 amide bonds. The lowest BCUT2D eigenvalue weighted by Crippen LogP contribution is -2.07. The second kappa shape index (κ2) is 6.47. The van der Waals surface area contributed by atoms with E-state index in [0.29, 0.717) is 0 Å². The maximum absolute atomic E-state index is 4.62. The molecule has 2 nitrogen and oxygen atoms in total. The normalized spacial score (nSPS) is 17.1. The lowest BCUT2D eigenvalue weighted by molar-refractivity contribution is 0.351. The fourth-order valence-electron chi connectivity index (χ4n) is 2.97. The molecule has 0 aliphatic heterocycles. The van der Waals surface area contributed by atoms with Crippen molar-refractivity contribution in [2.75, 3.05) is 5.75 Å². The predicted octanol–water partition coefficient (Wildman–Crippen LogP) is 4.77. The van der Waals surface area contributed by atoms with E-state index in [-0.39, 0.29) is 0 Å². The average Bonchev–Trinajstić information content (AvgIpc) is 2.87. The number of benzene rings is 1. The van der Waals surface area contributed by atoms with Gasteiger partial charge in [0, 0.05) is 0 Å². The Labute approximate surface area is 119 Å². The molecule has 1 aromatic carbocycles. The van der Waals surface area contributed by atoms with Crippen molar-refractivity contribution in [1.82, 2.24) is 9.97 Å². The summed E-state index contributed by atoms with van der Waals surface area (Å²) < 4.78 is 0. The van der Waals surface area contributed by atoms with Gasteiger partial charge >= 0.3 is 0 Å². The van der Waals surface area contributed by atoms with Gasteiger partial charge in [0.05, 0.1) is 16.8 Å². The molecule has 1 saturated carbocycles. The fourth-order valence-corrected chi connectivity index (χ4v) is 3.94. The van der Waals surface area contributed by atoms with E-state index in [1.807, 2.05) is 17.8 Å².